The molecule has 1 amide bonds. The number of ether oxygens (including phenoxy) is 2. The van der Waals surface area contributed by atoms with E-state index in [1.807, 2.05) is 48.9 Å². The summed E-state index contributed by atoms with van der Waals surface area (Å²) in [5.74, 6) is 0.506. The number of rotatable bonds is 9. The van der Waals surface area contributed by atoms with E-state index in [1.54, 1.807) is 12.1 Å². The second-order valence-corrected chi connectivity index (χ2v) is 9.06. The lowest BCUT2D eigenvalue weighted by Crippen LogP contribution is -2.26. The average Bonchev–Trinajstić information content (AvgIpc) is 3.48. The molecule has 1 heterocycles. The number of anilines is 1. The largest absolute Gasteiger partial charge is 0.461 e. The van der Waals surface area contributed by atoms with Crippen molar-refractivity contribution in [1.29, 1.82) is 5.26 Å². The van der Waals surface area contributed by atoms with Crippen LogP contribution in [-0.2, 0) is 32.5 Å². The van der Waals surface area contributed by atoms with Gasteiger partial charge in [-0.25, -0.2) is 9.78 Å². The zero-order chi connectivity index (χ0) is 24.8. The normalized spacial score (nSPS) is 14.5. The Labute approximate surface area is 204 Å². The van der Waals surface area contributed by atoms with Gasteiger partial charge in [-0.15, -0.1) is 0 Å². The standard InChI is InChI=1S/C27H30N4O4/c1-18(21-5-3-4-6-21)35-27(33)17-34-16-26(32)29-22-11-12-24-23(14-22)30-25(31(24)2)13-19-7-9-20(15-28)10-8-19/h7-12,14,18,21H,3-6,13,16-17H2,1-2H3,(H,29,32). The molecule has 4 rings (SSSR count). The number of imidazole rings is 1. The van der Waals surface area contributed by atoms with Gasteiger partial charge in [0, 0.05) is 19.2 Å². The highest BCUT2D eigenvalue weighted by Crippen LogP contribution is 2.29. The minimum atomic E-state index is -0.443. The van der Waals surface area contributed by atoms with Crippen molar-refractivity contribution in [1.82, 2.24) is 9.55 Å². The first-order valence-corrected chi connectivity index (χ1v) is 11.9. The van der Waals surface area contributed by atoms with Gasteiger partial charge in [-0.05, 0) is 61.6 Å². The maximum atomic E-state index is 12.3. The number of aromatic nitrogens is 2. The molecule has 35 heavy (non-hydrogen) atoms. The van der Waals surface area contributed by atoms with Gasteiger partial charge >= 0.3 is 5.97 Å². The maximum Gasteiger partial charge on any atom is 0.332 e. The third-order valence-electron chi connectivity index (χ3n) is 6.54. The number of fused-ring (bicyclic) bond motifs is 1. The molecule has 0 spiro atoms. The van der Waals surface area contributed by atoms with E-state index in [2.05, 4.69) is 11.4 Å². The zero-order valence-electron chi connectivity index (χ0n) is 20.1. The molecule has 1 aliphatic rings. The van der Waals surface area contributed by atoms with Crippen molar-refractivity contribution in [3.05, 3.63) is 59.4 Å². The lowest BCUT2D eigenvalue weighted by molar-refractivity contribution is -0.156. The lowest BCUT2D eigenvalue weighted by atomic mass is 10.0. The smallest absolute Gasteiger partial charge is 0.332 e. The fourth-order valence-electron chi connectivity index (χ4n) is 4.55. The van der Waals surface area contributed by atoms with Gasteiger partial charge < -0.3 is 19.4 Å². The number of hydrogen-bond donors (Lipinski definition) is 1. The Balaban J connectivity index is 1.28. The number of carbonyl (C=O) groups excluding carboxylic acids is 2. The predicted molar refractivity (Wildman–Crippen MR) is 132 cm³/mol. The van der Waals surface area contributed by atoms with Gasteiger partial charge in [-0.3, -0.25) is 4.79 Å². The highest BCUT2D eigenvalue weighted by Gasteiger charge is 2.24. The van der Waals surface area contributed by atoms with Crippen LogP contribution >= 0.6 is 0 Å². The van der Waals surface area contributed by atoms with Crippen LogP contribution in [0.15, 0.2) is 42.5 Å². The van der Waals surface area contributed by atoms with Crippen molar-refractivity contribution in [2.45, 2.75) is 45.1 Å². The lowest BCUT2D eigenvalue weighted by Gasteiger charge is -2.19. The SMILES string of the molecule is CC(OC(=O)COCC(=O)Nc1ccc2c(c1)nc(Cc1ccc(C#N)cc1)n2C)C1CCCC1. The van der Waals surface area contributed by atoms with Crippen LogP contribution in [0, 0.1) is 17.2 Å². The minimum absolute atomic E-state index is 0.116. The summed E-state index contributed by atoms with van der Waals surface area (Å²) in [6.45, 7) is 1.43. The van der Waals surface area contributed by atoms with Crippen molar-refractivity contribution in [3.63, 3.8) is 0 Å². The molecule has 2 aromatic carbocycles. The molecule has 1 aromatic heterocycles. The molecule has 0 radical (unpaired) electrons. The molecule has 1 unspecified atom stereocenters. The average molecular weight is 475 g/mol. The van der Waals surface area contributed by atoms with Crippen molar-refractivity contribution in [2.24, 2.45) is 13.0 Å². The van der Waals surface area contributed by atoms with Gasteiger partial charge in [0.05, 0.1) is 22.7 Å². The topological polar surface area (TPSA) is 106 Å². The number of nitrogens with one attached hydrogen (secondary N) is 1. The second-order valence-electron chi connectivity index (χ2n) is 9.06. The predicted octanol–water partition coefficient (Wildman–Crippen LogP) is 4.11. The van der Waals surface area contributed by atoms with E-state index in [9.17, 15) is 9.59 Å². The molecular weight excluding hydrogens is 444 g/mol. The molecule has 1 fully saturated rings. The summed E-state index contributed by atoms with van der Waals surface area (Å²) in [5, 5.41) is 11.8. The first kappa shape index (κ1) is 24.4. The van der Waals surface area contributed by atoms with Crippen LogP contribution < -0.4 is 5.32 Å². The first-order chi connectivity index (χ1) is 16.9. The van der Waals surface area contributed by atoms with Crippen LogP contribution in [0.4, 0.5) is 5.69 Å². The summed E-state index contributed by atoms with van der Waals surface area (Å²) in [4.78, 5) is 29.0. The van der Waals surface area contributed by atoms with E-state index in [0.29, 0.717) is 23.6 Å². The van der Waals surface area contributed by atoms with Crippen LogP contribution in [-0.4, -0.2) is 40.7 Å². The quantitative estimate of drug-likeness (QED) is 0.468. The number of nitrogens with zero attached hydrogens (tertiary/aromatic N) is 3. The van der Waals surface area contributed by atoms with Gasteiger partial charge in [-0.1, -0.05) is 25.0 Å². The number of amides is 1. The van der Waals surface area contributed by atoms with Gasteiger partial charge in [0.1, 0.15) is 25.1 Å². The summed E-state index contributed by atoms with van der Waals surface area (Å²) >= 11 is 0. The number of nitriles is 1. The molecule has 182 valence electrons. The number of benzene rings is 2. The van der Waals surface area contributed by atoms with Gasteiger partial charge in [0.25, 0.3) is 0 Å². The first-order valence-electron chi connectivity index (χ1n) is 11.9. The third-order valence-corrected chi connectivity index (χ3v) is 6.54. The Kier molecular flexibility index (Phi) is 7.78. The van der Waals surface area contributed by atoms with Crippen molar-refractivity contribution in [2.75, 3.05) is 18.5 Å². The minimum Gasteiger partial charge on any atom is -0.461 e. The Bertz CT molecular complexity index is 1240. The molecule has 8 nitrogen and oxygen atoms in total. The summed E-state index contributed by atoms with van der Waals surface area (Å²) in [6, 6.07) is 15.1. The van der Waals surface area contributed by atoms with E-state index in [1.165, 1.54) is 12.8 Å². The summed E-state index contributed by atoms with van der Waals surface area (Å²) < 4.78 is 12.7. The number of esters is 1. The van der Waals surface area contributed by atoms with Crippen LogP contribution in [0.3, 0.4) is 0 Å². The molecule has 1 saturated carbocycles. The van der Waals surface area contributed by atoms with Gasteiger partial charge in [0.15, 0.2) is 0 Å². The second kappa shape index (κ2) is 11.2. The highest BCUT2D eigenvalue weighted by atomic mass is 16.6. The molecule has 8 heteroatoms. The van der Waals surface area contributed by atoms with Gasteiger partial charge in [0.2, 0.25) is 5.91 Å². The van der Waals surface area contributed by atoms with E-state index >= 15 is 0 Å². The van der Waals surface area contributed by atoms with E-state index < -0.39 is 5.97 Å². The van der Waals surface area contributed by atoms with E-state index in [0.717, 1.165) is 35.3 Å². The van der Waals surface area contributed by atoms with E-state index in [4.69, 9.17) is 19.7 Å². The fourth-order valence-corrected chi connectivity index (χ4v) is 4.55. The monoisotopic (exact) mass is 474 g/mol. The van der Waals surface area contributed by atoms with Gasteiger partial charge in [-0.2, -0.15) is 5.26 Å². The molecule has 0 bridgehead atoms. The van der Waals surface area contributed by atoms with Crippen molar-refractivity contribution < 1.29 is 19.1 Å². The third kappa shape index (κ3) is 6.25. The molecule has 1 atom stereocenters. The Morgan fingerprint density at radius 3 is 2.63 bits per heavy atom. The van der Waals surface area contributed by atoms with Crippen LogP contribution in [0.5, 0.6) is 0 Å². The fraction of sp³-hybridized carbons (Fsp3) is 0.407. The molecule has 1 N–H and O–H groups in total. The summed E-state index contributed by atoms with van der Waals surface area (Å²) in [5.41, 5.74) is 4.00. The van der Waals surface area contributed by atoms with Crippen LogP contribution in [0.25, 0.3) is 11.0 Å². The molecule has 1 aliphatic carbocycles. The van der Waals surface area contributed by atoms with E-state index in [-0.39, 0.29) is 25.2 Å². The maximum absolute atomic E-state index is 12.3. The zero-order valence-corrected chi connectivity index (χ0v) is 20.1. The molecule has 0 saturated heterocycles. The molecule has 3 aromatic rings. The molecular formula is C27H30N4O4. The highest BCUT2D eigenvalue weighted by molar-refractivity contribution is 5.94. The Morgan fingerprint density at radius 1 is 1.17 bits per heavy atom. The number of hydrogen-bond acceptors (Lipinski definition) is 6. The number of aryl methyl sites for hydroxylation is 1. The Hall–Kier alpha value is -3.70. The molecule has 0 aliphatic heterocycles. The Morgan fingerprint density at radius 2 is 1.91 bits per heavy atom. The van der Waals surface area contributed by atoms with Crippen LogP contribution in [0.2, 0.25) is 0 Å². The van der Waals surface area contributed by atoms with Crippen molar-refractivity contribution >= 4 is 28.6 Å². The van der Waals surface area contributed by atoms with Crippen LogP contribution in [0.1, 0.15) is 49.6 Å². The summed E-state index contributed by atoms with van der Waals surface area (Å²) in [7, 11) is 1.95. The number of carbonyl (C=O) groups is 2. The summed E-state index contributed by atoms with van der Waals surface area (Å²) in [6.07, 6.45) is 5.07. The van der Waals surface area contributed by atoms with Crippen molar-refractivity contribution in [3.8, 4) is 6.07 Å².